The van der Waals surface area contributed by atoms with Crippen LogP contribution in [0.1, 0.15) is 11.4 Å². The summed E-state index contributed by atoms with van der Waals surface area (Å²) in [6, 6.07) is 5.96. The van der Waals surface area contributed by atoms with Gasteiger partial charge in [-0.15, -0.1) is 0 Å². The van der Waals surface area contributed by atoms with Crippen LogP contribution in [0.3, 0.4) is 0 Å². The quantitative estimate of drug-likeness (QED) is 0.832. The Hall–Kier alpha value is -1.43. The number of aromatic nitrogens is 2. The van der Waals surface area contributed by atoms with Crippen LogP contribution in [0.2, 0.25) is 0 Å². The maximum absolute atomic E-state index is 9.17. The highest BCUT2D eigenvalue weighted by Gasteiger charge is 2.13. The van der Waals surface area contributed by atoms with Crippen LogP contribution in [0, 0.1) is 6.92 Å². The van der Waals surface area contributed by atoms with Crippen molar-refractivity contribution in [1.29, 1.82) is 0 Å². The van der Waals surface area contributed by atoms with E-state index in [-0.39, 0.29) is 19.3 Å². The van der Waals surface area contributed by atoms with E-state index in [2.05, 4.69) is 27.8 Å². The van der Waals surface area contributed by atoms with Crippen molar-refractivity contribution >= 4 is 11.0 Å². The number of likely N-dealkylation sites (N-methyl/N-ethyl adjacent to an activating group) is 1. The zero-order valence-electron chi connectivity index (χ0n) is 11.7. The van der Waals surface area contributed by atoms with E-state index in [0.29, 0.717) is 6.54 Å². The van der Waals surface area contributed by atoms with Crippen LogP contribution in [0.25, 0.3) is 11.0 Å². The molecule has 2 aromatic rings. The molecule has 19 heavy (non-hydrogen) atoms. The van der Waals surface area contributed by atoms with Crippen LogP contribution in [0.15, 0.2) is 18.2 Å². The lowest BCUT2D eigenvalue weighted by Crippen LogP contribution is -2.37. The monoisotopic (exact) mass is 263 g/mol. The molecule has 1 aromatic heterocycles. The number of fused-ring (bicyclic) bond motifs is 1. The molecule has 2 N–H and O–H groups in total. The van der Waals surface area contributed by atoms with E-state index in [1.165, 1.54) is 0 Å². The van der Waals surface area contributed by atoms with E-state index in [4.69, 9.17) is 10.2 Å². The van der Waals surface area contributed by atoms with Gasteiger partial charge in [-0.25, -0.2) is 4.98 Å². The van der Waals surface area contributed by atoms with Gasteiger partial charge in [0.25, 0.3) is 0 Å². The molecule has 0 atom stereocenters. The number of benzene rings is 1. The van der Waals surface area contributed by atoms with Crippen molar-refractivity contribution in [3.63, 3.8) is 0 Å². The summed E-state index contributed by atoms with van der Waals surface area (Å²) in [5.41, 5.74) is 3.22. The van der Waals surface area contributed by atoms with Crippen molar-refractivity contribution in [3.05, 3.63) is 29.6 Å². The molecule has 0 aliphatic carbocycles. The average molecular weight is 263 g/mol. The molecule has 104 valence electrons. The Labute approximate surface area is 113 Å². The minimum Gasteiger partial charge on any atom is -0.395 e. The van der Waals surface area contributed by atoms with Crippen LogP contribution in [0.5, 0.6) is 0 Å². The van der Waals surface area contributed by atoms with Crippen molar-refractivity contribution in [1.82, 2.24) is 14.5 Å². The van der Waals surface area contributed by atoms with Crippen LogP contribution in [-0.4, -0.2) is 51.0 Å². The predicted molar refractivity (Wildman–Crippen MR) is 74.9 cm³/mol. The summed E-state index contributed by atoms with van der Waals surface area (Å²) >= 11 is 0. The maximum Gasteiger partial charge on any atom is 0.106 e. The van der Waals surface area contributed by atoms with Crippen LogP contribution < -0.4 is 0 Å². The smallest absolute Gasteiger partial charge is 0.106 e. The van der Waals surface area contributed by atoms with Crippen molar-refractivity contribution < 1.29 is 10.2 Å². The third-order valence-electron chi connectivity index (χ3n) is 3.65. The molecule has 0 amide bonds. The van der Waals surface area contributed by atoms with E-state index in [9.17, 15) is 0 Å². The van der Waals surface area contributed by atoms with Gasteiger partial charge < -0.3 is 14.8 Å². The summed E-state index contributed by atoms with van der Waals surface area (Å²) in [5.74, 6) is 0.990. The standard InChI is InChI=1S/C14H21N3O2/c1-10-15-13-6-11(4-5-14(13)17(10)3)7-16(2)12(8-18)9-19/h4-6,12,18-19H,7-9H2,1-3H3. The maximum atomic E-state index is 9.17. The molecule has 1 aromatic carbocycles. The first-order valence-corrected chi connectivity index (χ1v) is 6.40. The molecular weight excluding hydrogens is 242 g/mol. The van der Waals surface area contributed by atoms with Crippen molar-refractivity contribution in [2.24, 2.45) is 7.05 Å². The molecule has 0 saturated carbocycles. The van der Waals surface area contributed by atoms with Gasteiger partial charge in [-0.2, -0.15) is 0 Å². The summed E-state index contributed by atoms with van der Waals surface area (Å²) in [7, 11) is 3.90. The molecule has 5 nitrogen and oxygen atoms in total. The number of rotatable bonds is 5. The second-order valence-corrected chi connectivity index (χ2v) is 4.98. The number of aliphatic hydroxyl groups excluding tert-OH is 2. The highest BCUT2D eigenvalue weighted by molar-refractivity contribution is 5.76. The van der Waals surface area contributed by atoms with Gasteiger partial charge >= 0.3 is 0 Å². The Morgan fingerprint density at radius 2 is 2.00 bits per heavy atom. The Balaban J connectivity index is 2.22. The molecule has 1 heterocycles. The van der Waals surface area contributed by atoms with E-state index in [1.807, 2.05) is 25.9 Å². The second kappa shape index (κ2) is 5.69. The molecule has 0 saturated heterocycles. The van der Waals surface area contributed by atoms with Crippen LogP contribution >= 0.6 is 0 Å². The SMILES string of the molecule is Cc1nc2cc(CN(C)C(CO)CO)ccc2n1C. The molecule has 5 heteroatoms. The van der Waals surface area contributed by atoms with E-state index in [1.54, 1.807) is 0 Å². The first kappa shape index (κ1) is 14.0. The molecule has 0 aliphatic rings. The number of imidazole rings is 1. The Bertz CT molecular complexity index is 561. The largest absolute Gasteiger partial charge is 0.395 e. The van der Waals surface area contributed by atoms with Gasteiger partial charge in [-0.3, -0.25) is 4.90 Å². The lowest BCUT2D eigenvalue weighted by atomic mass is 10.1. The highest BCUT2D eigenvalue weighted by atomic mass is 16.3. The van der Waals surface area contributed by atoms with Gasteiger partial charge in [0.1, 0.15) is 5.82 Å². The Kier molecular flexibility index (Phi) is 4.19. The molecular formula is C14H21N3O2. The summed E-state index contributed by atoms with van der Waals surface area (Å²) in [6.45, 7) is 2.58. The molecule has 0 radical (unpaired) electrons. The van der Waals surface area contributed by atoms with Crippen LogP contribution in [-0.2, 0) is 13.6 Å². The Morgan fingerprint density at radius 3 is 2.63 bits per heavy atom. The van der Waals surface area contributed by atoms with Crippen molar-refractivity contribution in [2.45, 2.75) is 19.5 Å². The number of aliphatic hydroxyl groups is 2. The third-order valence-corrected chi connectivity index (χ3v) is 3.65. The van der Waals surface area contributed by atoms with Crippen LogP contribution in [0.4, 0.5) is 0 Å². The van der Waals surface area contributed by atoms with Gasteiger partial charge in [0.15, 0.2) is 0 Å². The molecule has 2 rings (SSSR count). The second-order valence-electron chi connectivity index (χ2n) is 4.98. The minimum absolute atomic E-state index is 0.0437. The topological polar surface area (TPSA) is 61.5 Å². The summed E-state index contributed by atoms with van der Waals surface area (Å²) in [4.78, 5) is 6.45. The average Bonchev–Trinajstić information content (AvgIpc) is 2.66. The van der Waals surface area contributed by atoms with Gasteiger partial charge in [-0.05, 0) is 31.7 Å². The first-order valence-electron chi connectivity index (χ1n) is 6.40. The van der Waals surface area contributed by atoms with Crippen molar-refractivity contribution in [3.8, 4) is 0 Å². The minimum atomic E-state index is -0.221. The van der Waals surface area contributed by atoms with Gasteiger partial charge in [0.05, 0.1) is 30.3 Å². The van der Waals surface area contributed by atoms with E-state index < -0.39 is 0 Å². The lowest BCUT2D eigenvalue weighted by molar-refractivity contribution is 0.0874. The number of nitrogens with zero attached hydrogens (tertiary/aromatic N) is 3. The fourth-order valence-electron chi connectivity index (χ4n) is 2.22. The fourth-order valence-corrected chi connectivity index (χ4v) is 2.22. The number of hydrogen-bond acceptors (Lipinski definition) is 4. The lowest BCUT2D eigenvalue weighted by Gasteiger charge is -2.24. The summed E-state index contributed by atoms with van der Waals surface area (Å²) < 4.78 is 2.06. The molecule has 0 spiro atoms. The molecule has 0 aliphatic heterocycles. The first-order chi connectivity index (χ1) is 9.06. The van der Waals surface area contributed by atoms with Crippen molar-refractivity contribution in [2.75, 3.05) is 20.3 Å². The summed E-state index contributed by atoms with van der Waals surface area (Å²) in [5, 5.41) is 18.3. The number of aryl methyl sites for hydroxylation is 2. The van der Waals surface area contributed by atoms with Gasteiger partial charge in [-0.1, -0.05) is 6.07 Å². The highest BCUT2D eigenvalue weighted by Crippen LogP contribution is 2.17. The van der Waals surface area contributed by atoms with Gasteiger partial charge in [0.2, 0.25) is 0 Å². The predicted octanol–water partition coefficient (Wildman–Crippen LogP) is 0.667. The van der Waals surface area contributed by atoms with Gasteiger partial charge in [0, 0.05) is 13.6 Å². The normalized spacial score (nSPS) is 11.9. The van der Waals surface area contributed by atoms with E-state index in [0.717, 1.165) is 22.4 Å². The molecule has 0 bridgehead atoms. The molecule has 0 fully saturated rings. The number of hydrogen-bond donors (Lipinski definition) is 2. The third kappa shape index (κ3) is 2.78. The molecule has 0 unspecified atom stereocenters. The zero-order chi connectivity index (χ0) is 14.0. The zero-order valence-corrected chi connectivity index (χ0v) is 11.7. The van der Waals surface area contributed by atoms with E-state index >= 15 is 0 Å². The Morgan fingerprint density at radius 1 is 1.32 bits per heavy atom. The summed E-state index contributed by atoms with van der Waals surface area (Å²) in [6.07, 6.45) is 0. The fraction of sp³-hybridized carbons (Fsp3) is 0.500.